The van der Waals surface area contributed by atoms with Gasteiger partial charge in [-0.05, 0) is 101 Å². The molecule has 2 aliphatic rings. The Balaban J connectivity index is 0.000000420. The van der Waals surface area contributed by atoms with Gasteiger partial charge in [-0.15, -0.1) is 0 Å². The summed E-state index contributed by atoms with van der Waals surface area (Å²) < 4.78 is 5.08. The van der Waals surface area contributed by atoms with Crippen LogP contribution >= 0.6 is 0 Å². The maximum Gasteiger partial charge on any atom is 0.334 e. The summed E-state index contributed by atoms with van der Waals surface area (Å²) in [5, 5.41) is 27.4. The Labute approximate surface area is 232 Å². The van der Waals surface area contributed by atoms with Gasteiger partial charge in [0.2, 0.25) is 0 Å². The summed E-state index contributed by atoms with van der Waals surface area (Å²) in [6.07, 6.45) is 6.87. The fourth-order valence-electron chi connectivity index (χ4n) is 5.57. The summed E-state index contributed by atoms with van der Waals surface area (Å²) in [5.41, 5.74) is 1.33. The largest absolute Gasteiger partial charge is 0.478 e. The van der Waals surface area contributed by atoms with E-state index in [1.165, 1.54) is 19.4 Å². The molecule has 39 heavy (non-hydrogen) atoms. The van der Waals surface area contributed by atoms with Crippen LogP contribution in [0.3, 0.4) is 0 Å². The van der Waals surface area contributed by atoms with Crippen molar-refractivity contribution >= 4 is 23.9 Å². The van der Waals surface area contributed by atoms with Crippen molar-refractivity contribution in [2.45, 2.75) is 100 Å². The standard InChI is InChI=1S/C19H28O4.C12H18O4/c1-6-12(17(22)23)9-14(11(2)16(20)21)15-10-13-7-8-19(15,5)18(13,3)4;1-8(10(13)14)6-7-9(2)11(15)16-12(3,4)5/h9,13,15H,6-8,10H2,1-5H3,(H,20,21)(H,22,23);6H,2,7H2,1,3-5H3,(H,13,14). The van der Waals surface area contributed by atoms with Crippen molar-refractivity contribution in [3.05, 3.63) is 46.6 Å². The summed E-state index contributed by atoms with van der Waals surface area (Å²) >= 11 is 0. The second-order valence-electron chi connectivity index (χ2n) is 12.4. The van der Waals surface area contributed by atoms with Crippen molar-refractivity contribution in [3.8, 4) is 0 Å². The number of hydrogen-bond donors (Lipinski definition) is 3. The van der Waals surface area contributed by atoms with E-state index in [-0.39, 0.29) is 45.5 Å². The monoisotopic (exact) mass is 546 g/mol. The first-order chi connectivity index (χ1) is 17.7. The van der Waals surface area contributed by atoms with Crippen LogP contribution in [-0.4, -0.2) is 44.8 Å². The van der Waals surface area contributed by atoms with Gasteiger partial charge in [0.25, 0.3) is 0 Å². The highest BCUT2D eigenvalue weighted by Crippen LogP contribution is 2.69. The van der Waals surface area contributed by atoms with Crippen LogP contribution in [0.2, 0.25) is 0 Å². The summed E-state index contributed by atoms with van der Waals surface area (Å²) in [4.78, 5) is 44.9. The van der Waals surface area contributed by atoms with Gasteiger partial charge < -0.3 is 20.1 Å². The van der Waals surface area contributed by atoms with Crippen LogP contribution in [0.15, 0.2) is 46.6 Å². The zero-order valence-electron chi connectivity index (χ0n) is 24.9. The Morgan fingerprint density at radius 3 is 1.92 bits per heavy atom. The van der Waals surface area contributed by atoms with E-state index in [0.717, 1.165) is 18.4 Å². The van der Waals surface area contributed by atoms with E-state index in [2.05, 4.69) is 27.4 Å². The molecule has 3 N–H and O–H groups in total. The predicted octanol–water partition coefficient (Wildman–Crippen LogP) is 6.58. The molecular weight excluding hydrogens is 500 g/mol. The second-order valence-corrected chi connectivity index (χ2v) is 12.4. The molecule has 3 atom stereocenters. The van der Waals surface area contributed by atoms with Crippen LogP contribution in [-0.2, 0) is 23.9 Å². The van der Waals surface area contributed by atoms with Crippen molar-refractivity contribution in [2.75, 3.05) is 0 Å². The third-order valence-electron chi connectivity index (χ3n) is 8.59. The Hall–Kier alpha value is -3.16. The molecule has 2 fully saturated rings. The molecule has 3 unspecified atom stereocenters. The number of carbonyl (C=O) groups excluding carboxylic acids is 1. The normalized spacial score (nSPS) is 24.7. The fraction of sp³-hybridized carbons (Fsp3) is 0.613. The SMILES string of the molecule is C=C(CC=C(C)C(=O)O)C(=O)OC(C)(C)C.CCC(=CC(=C(C)C(=O)O)C1CC2CCC1(C)C2(C)C)C(=O)O. The highest BCUT2D eigenvalue weighted by atomic mass is 16.6. The predicted molar refractivity (Wildman–Crippen MR) is 150 cm³/mol. The summed E-state index contributed by atoms with van der Waals surface area (Å²) in [5.74, 6) is -2.72. The number of rotatable bonds is 9. The minimum atomic E-state index is -1.00. The number of allylic oxidation sites excluding steroid dienone is 3. The summed E-state index contributed by atoms with van der Waals surface area (Å²) in [7, 11) is 0. The number of fused-ring (bicyclic) bond motifs is 2. The molecule has 218 valence electrons. The molecule has 2 bridgehead atoms. The van der Waals surface area contributed by atoms with E-state index in [0.29, 0.717) is 12.3 Å². The number of carboxylic acid groups (broad SMARTS) is 3. The number of carboxylic acids is 3. The molecule has 2 aliphatic carbocycles. The highest BCUT2D eigenvalue weighted by molar-refractivity contribution is 5.91. The van der Waals surface area contributed by atoms with Crippen molar-refractivity contribution < 1.29 is 39.2 Å². The van der Waals surface area contributed by atoms with Gasteiger partial charge in [0.15, 0.2) is 0 Å². The molecule has 8 nitrogen and oxygen atoms in total. The van der Waals surface area contributed by atoms with E-state index in [9.17, 15) is 29.4 Å². The Bertz CT molecular complexity index is 1100. The molecule has 0 aromatic heterocycles. The molecule has 0 aromatic rings. The average molecular weight is 547 g/mol. The molecule has 0 radical (unpaired) electrons. The summed E-state index contributed by atoms with van der Waals surface area (Å²) in [6, 6.07) is 0. The van der Waals surface area contributed by atoms with Crippen molar-refractivity contribution in [1.29, 1.82) is 0 Å². The quantitative estimate of drug-likeness (QED) is 0.168. The molecule has 0 amide bonds. The number of hydrogen-bond acceptors (Lipinski definition) is 5. The third-order valence-corrected chi connectivity index (χ3v) is 8.59. The van der Waals surface area contributed by atoms with E-state index in [4.69, 9.17) is 9.84 Å². The molecule has 8 heteroatoms. The van der Waals surface area contributed by atoms with Crippen LogP contribution in [0, 0.1) is 22.7 Å². The molecule has 0 saturated heterocycles. The van der Waals surface area contributed by atoms with Crippen molar-refractivity contribution in [3.63, 3.8) is 0 Å². The maximum atomic E-state index is 11.6. The molecule has 2 rings (SSSR count). The fourth-order valence-corrected chi connectivity index (χ4v) is 5.57. The molecule has 2 saturated carbocycles. The minimum Gasteiger partial charge on any atom is -0.478 e. The van der Waals surface area contributed by atoms with Crippen LogP contribution in [0.5, 0.6) is 0 Å². The van der Waals surface area contributed by atoms with E-state index < -0.39 is 29.5 Å². The Morgan fingerprint density at radius 1 is 1.00 bits per heavy atom. The minimum absolute atomic E-state index is 0.0254. The van der Waals surface area contributed by atoms with Crippen molar-refractivity contribution in [2.24, 2.45) is 22.7 Å². The van der Waals surface area contributed by atoms with Gasteiger partial charge in [-0.25, -0.2) is 19.2 Å². The van der Waals surface area contributed by atoms with Crippen LogP contribution < -0.4 is 0 Å². The lowest BCUT2D eigenvalue weighted by atomic mass is 9.64. The lowest BCUT2D eigenvalue weighted by Gasteiger charge is -2.40. The van der Waals surface area contributed by atoms with Gasteiger partial charge in [0.05, 0.1) is 0 Å². The van der Waals surface area contributed by atoms with Crippen LogP contribution in [0.25, 0.3) is 0 Å². The third kappa shape index (κ3) is 8.16. The zero-order chi connectivity index (χ0) is 30.5. The van der Waals surface area contributed by atoms with Gasteiger partial charge in [0.1, 0.15) is 5.60 Å². The van der Waals surface area contributed by atoms with Gasteiger partial charge in [-0.3, -0.25) is 0 Å². The number of ether oxygens (including phenoxy) is 1. The molecule has 0 aromatic carbocycles. The van der Waals surface area contributed by atoms with Crippen LogP contribution in [0.4, 0.5) is 0 Å². The molecule has 0 aliphatic heterocycles. The number of aliphatic carboxylic acids is 3. The van der Waals surface area contributed by atoms with Gasteiger partial charge >= 0.3 is 23.9 Å². The van der Waals surface area contributed by atoms with E-state index in [1.807, 2.05) is 0 Å². The molecule has 0 heterocycles. The number of esters is 1. The van der Waals surface area contributed by atoms with Gasteiger partial charge in [-0.2, -0.15) is 0 Å². The maximum absolute atomic E-state index is 11.6. The lowest BCUT2D eigenvalue weighted by Crippen LogP contribution is -2.33. The first-order valence-electron chi connectivity index (χ1n) is 13.4. The van der Waals surface area contributed by atoms with Gasteiger partial charge in [-0.1, -0.05) is 40.3 Å². The summed E-state index contributed by atoms with van der Waals surface area (Å²) in [6.45, 7) is 20.5. The number of carbonyl (C=O) groups is 4. The van der Waals surface area contributed by atoms with Crippen molar-refractivity contribution in [1.82, 2.24) is 0 Å². The second kappa shape index (κ2) is 12.8. The van der Waals surface area contributed by atoms with Crippen LogP contribution in [0.1, 0.15) is 94.4 Å². The van der Waals surface area contributed by atoms with E-state index >= 15 is 0 Å². The Kier molecular flexibility index (Phi) is 11.1. The highest BCUT2D eigenvalue weighted by Gasteiger charge is 2.61. The smallest absolute Gasteiger partial charge is 0.334 e. The molecule has 0 spiro atoms. The topological polar surface area (TPSA) is 138 Å². The lowest BCUT2D eigenvalue weighted by molar-refractivity contribution is -0.150. The van der Waals surface area contributed by atoms with Gasteiger partial charge in [0, 0.05) is 22.3 Å². The zero-order valence-corrected chi connectivity index (χ0v) is 24.9. The average Bonchev–Trinajstić information content (AvgIpc) is 3.15. The first-order valence-corrected chi connectivity index (χ1v) is 13.4. The van der Waals surface area contributed by atoms with E-state index in [1.54, 1.807) is 40.7 Å². The Morgan fingerprint density at radius 2 is 1.56 bits per heavy atom. The first kappa shape index (κ1) is 33.9. The molecular formula is C31H46O8.